The van der Waals surface area contributed by atoms with E-state index in [-0.39, 0.29) is 32.3 Å². The van der Waals surface area contributed by atoms with Gasteiger partial charge in [0.1, 0.15) is 12.6 Å². The fourth-order valence-electron chi connectivity index (χ4n) is 3.35. The number of nitrogens with one attached hydrogen (secondary N) is 1. The van der Waals surface area contributed by atoms with Crippen molar-refractivity contribution < 1.29 is 34.1 Å². The van der Waals surface area contributed by atoms with Gasteiger partial charge in [-0.2, -0.15) is 0 Å². The van der Waals surface area contributed by atoms with Gasteiger partial charge in [0.25, 0.3) is 0 Å². The molecule has 0 spiro atoms. The number of hydrogen-bond acceptors (Lipinski definition) is 6. The van der Waals surface area contributed by atoms with Crippen molar-refractivity contribution in [3.63, 3.8) is 0 Å². The van der Waals surface area contributed by atoms with Crippen LogP contribution in [0.4, 0.5) is 4.79 Å². The highest BCUT2D eigenvalue weighted by Gasteiger charge is 2.42. The Morgan fingerprint density at radius 1 is 1.13 bits per heavy atom. The lowest BCUT2D eigenvalue weighted by Crippen LogP contribution is -2.50. The number of hydrogen-bond donors (Lipinski definition) is 4. The van der Waals surface area contributed by atoms with Gasteiger partial charge in [-0.05, 0) is 24.8 Å². The van der Waals surface area contributed by atoms with Gasteiger partial charge in [-0.15, -0.1) is 0 Å². The quantitative estimate of drug-likeness (QED) is 0.415. The Labute approximate surface area is 179 Å². The van der Waals surface area contributed by atoms with Crippen LogP contribution in [0.1, 0.15) is 31.2 Å². The average molecular weight is 430 g/mol. The number of rotatable bonds is 11. The number of carbonyl (C=O) groups excluding carboxylic acids is 2. The molecule has 0 saturated carbocycles. The monoisotopic (exact) mass is 430 g/mol. The number of ketones is 1. The standard InChI is InChI=1S/C22H26N2O7/c23-16(9-10-18(25)26)19(27)22(11-5-2-6-12-22)13-17(20(28)29)24-21(30)31-14-15-7-3-1-4-8-15/h1-8,11,16-17H,9-10,12-14,23H2,(H,24,30)(H,25,26)(H,28,29)/t16-,17-,22?/m0/s1. The fourth-order valence-corrected chi connectivity index (χ4v) is 3.35. The van der Waals surface area contributed by atoms with E-state index in [2.05, 4.69) is 5.32 Å². The summed E-state index contributed by atoms with van der Waals surface area (Å²) in [4.78, 5) is 47.8. The second-order valence-electron chi connectivity index (χ2n) is 7.35. The van der Waals surface area contributed by atoms with Crippen LogP contribution in [-0.2, 0) is 25.7 Å². The van der Waals surface area contributed by atoms with Gasteiger partial charge in [-0.3, -0.25) is 9.59 Å². The van der Waals surface area contributed by atoms with Crippen LogP contribution in [0, 0.1) is 5.41 Å². The SMILES string of the molecule is N[C@@H](CCC(=O)O)C(=O)C1(C[C@H](NC(=O)OCc2ccccc2)C(=O)O)C=CC=CC1. The van der Waals surface area contributed by atoms with Gasteiger partial charge < -0.3 is 26.0 Å². The van der Waals surface area contributed by atoms with Crippen LogP contribution < -0.4 is 11.1 Å². The average Bonchev–Trinajstić information content (AvgIpc) is 2.76. The van der Waals surface area contributed by atoms with E-state index in [1.807, 2.05) is 6.07 Å². The molecule has 5 N–H and O–H groups in total. The minimum Gasteiger partial charge on any atom is -0.481 e. The molecule has 1 aliphatic carbocycles. The number of ether oxygens (including phenoxy) is 1. The number of carboxylic acids is 2. The van der Waals surface area contributed by atoms with Crippen molar-refractivity contribution in [3.8, 4) is 0 Å². The first-order valence-corrected chi connectivity index (χ1v) is 9.79. The Kier molecular flexibility index (Phi) is 8.51. The summed E-state index contributed by atoms with van der Waals surface area (Å²) in [5.41, 5.74) is 5.38. The molecular formula is C22H26N2O7. The van der Waals surface area contributed by atoms with Gasteiger partial charge in [-0.25, -0.2) is 9.59 Å². The number of benzene rings is 1. The number of aliphatic carboxylic acids is 2. The van der Waals surface area contributed by atoms with Gasteiger partial charge in [0.2, 0.25) is 0 Å². The smallest absolute Gasteiger partial charge is 0.408 e. The third-order valence-electron chi connectivity index (χ3n) is 5.01. The molecule has 0 fully saturated rings. The number of amides is 1. The fraction of sp³-hybridized carbons (Fsp3) is 0.364. The number of nitrogens with two attached hydrogens (primary N) is 1. The number of allylic oxidation sites excluding steroid dienone is 4. The molecule has 0 aromatic heterocycles. The molecule has 0 bridgehead atoms. The van der Waals surface area contributed by atoms with Crippen molar-refractivity contribution in [3.05, 3.63) is 60.2 Å². The Hall–Kier alpha value is -3.46. The molecule has 9 heteroatoms. The predicted molar refractivity (Wildman–Crippen MR) is 111 cm³/mol. The molecule has 1 amide bonds. The van der Waals surface area contributed by atoms with Gasteiger partial charge in [0.15, 0.2) is 5.78 Å². The highest BCUT2D eigenvalue weighted by molar-refractivity contribution is 5.93. The molecule has 166 valence electrons. The van der Waals surface area contributed by atoms with Crippen LogP contribution in [0.5, 0.6) is 0 Å². The predicted octanol–water partition coefficient (Wildman–Crippen LogP) is 2.02. The summed E-state index contributed by atoms with van der Waals surface area (Å²) < 4.78 is 5.08. The van der Waals surface area contributed by atoms with E-state index in [4.69, 9.17) is 15.6 Å². The first-order valence-electron chi connectivity index (χ1n) is 9.79. The Morgan fingerprint density at radius 2 is 1.84 bits per heavy atom. The maximum Gasteiger partial charge on any atom is 0.408 e. The lowest BCUT2D eigenvalue weighted by Gasteiger charge is -2.34. The van der Waals surface area contributed by atoms with Crippen molar-refractivity contribution in [2.75, 3.05) is 0 Å². The van der Waals surface area contributed by atoms with Crippen LogP contribution in [-0.4, -0.2) is 46.1 Å². The molecule has 1 aromatic carbocycles. The lowest BCUT2D eigenvalue weighted by atomic mass is 9.70. The molecule has 1 aromatic rings. The number of Topliss-reactive ketones (excluding diaryl/α,β-unsaturated/α-hetero) is 1. The normalized spacial score (nSPS) is 19.3. The van der Waals surface area contributed by atoms with E-state index in [1.54, 1.807) is 48.6 Å². The zero-order valence-corrected chi connectivity index (χ0v) is 16.9. The van der Waals surface area contributed by atoms with Crippen LogP contribution >= 0.6 is 0 Å². The van der Waals surface area contributed by atoms with Crippen LogP contribution in [0.25, 0.3) is 0 Å². The summed E-state index contributed by atoms with van der Waals surface area (Å²) in [6, 6.07) is 6.40. The highest BCUT2D eigenvalue weighted by atomic mass is 16.5. The maximum absolute atomic E-state index is 13.0. The van der Waals surface area contributed by atoms with Crippen molar-refractivity contribution in [1.29, 1.82) is 0 Å². The van der Waals surface area contributed by atoms with Gasteiger partial charge in [-0.1, -0.05) is 54.6 Å². The Balaban J connectivity index is 2.08. The third-order valence-corrected chi connectivity index (χ3v) is 5.01. The van der Waals surface area contributed by atoms with Gasteiger partial charge >= 0.3 is 18.0 Å². The third kappa shape index (κ3) is 7.07. The molecule has 0 aliphatic heterocycles. The van der Waals surface area contributed by atoms with Crippen molar-refractivity contribution in [2.45, 2.75) is 44.4 Å². The van der Waals surface area contributed by atoms with E-state index in [0.29, 0.717) is 0 Å². The molecule has 0 heterocycles. The van der Waals surface area contributed by atoms with E-state index in [9.17, 15) is 24.3 Å². The van der Waals surface area contributed by atoms with Crippen molar-refractivity contribution >= 4 is 23.8 Å². The molecule has 0 saturated heterocycles. The molecule has 9 nitrogen and oxygen atoms in total. The zero-order valence-electron chi connectivity index (χ0n) is 16.9. The van der Waals surface area contributed by atoms with Crippen LogP contribution in [0.15, 0.2) is 54.6 Å². The summed E-state index contributed by atoms with van der Waals surface area (Å²) in [6.45, 7) is -0.0359. The molecule has 1 aliphatic rings. The molecule has 3 atom stereocenters. The summed E-state index contributed by atoms with van der Waals surface area (Å²) in [5, 5.41) is 20.8. The van der Waals surface area contributed by atoms with E-state index in [1.165, 1.54) is 0 Å². The minimum atomic E-state index is -1.41. The van der Waals surface area contributed by atoms with E-state index < -0.39 is 41.3 Å². The summed E-state index contributed by atoms with van der Waals surface area (Å²) >= 11 is 0. The number of alkyl carbamates (subject to hydrolysis) is 1. The van der Waals surface area contributed by atoms with Crippen LogP contribution in [0.3, 0.4) is 0 Å². The Morgan fingerprint density at radius 3 is 2.42 bits per heavy atom. The summed E-state index contributed by atoms with van der Waals surface area (Å²) in [7, 11) is 0. The maximum atomic E-state index is 13.0. The van der Waals surface area contributed by atoms with E-state index in [0.717, 1.165) is 5.56 Å². The zero-order chi connectivity index (χ0) is 22.9. The summed E-state index contributed by atoms with van der Waals surface area (Å²) in [5.74, 6) is -2.88. The first kappa shape index (κ1) is 23.8. The molecule has 2 rings (SSSR count). The van der Waals surface area contributed by atoms with Crippen molar-refractivity contribution in [2.24, 2.45) is 11.1 Å². The topological polar surface area (TPSA) is 156 Å². The van der Waals surface area contributed by atoms with Crippen molar-refractivity contribution in [1.82, 2.24) is 5.32 Å². The first-order chi connectivity index (χ1) is 14.7. The molecular weight excluding hydrogens is 404 g/mol. The largest absolute Gasteiger partial charge is 0.481 e. The second kappa shape index (κ2) is 11.1. The van der Waals surface area contributed by atoms with E-state index >= 15 is 0 Å². The second-order valence-corrected chi connectivity index (χ2v) is 7.35. The molecule has 1 unspecified atom stereocenters. The Bertz CT molecular complexity index is 866. The lowest BCUT2D eigenvalue weighted by molar-refractivity contribution is -0.141. The highest BCUT2D eigenvalue weighted by Crippen LogP contribution is 2.36. The van der Waals surface area contributed by atoms with Crippen LogP contribution in [0.2, 0.25) is 0 Å². The number of carboxylic acid groups (broad SMARTS) is 2. The number of carbonyl (C=O) groups is 4. The minimum absolute atomic E-state index is 0.0359. The molecule has 31 heavy (non-hydrogen) atoms. The van der Waals surface area contributed by atoms with Gasteiger partial charge in [0, 0.05) is 6.42 Å². The van der Waals surface area contributed by atoms with Gasteiger partial charge in [0.05, 0.1) is 11.5 Å². The molecule has 0 radical (unpaired) electrons. The summed E-state index contributed by atoms with van der Waals surface area (Å²) in [6.07, 6.45) is 5.24.